The van der Waals surface area contributed by atoms with Gasteiger partial charge in [0.1, 0.15) is 46.0 Å². The highest BCUT2D eigenvalue weighted by Crippen LogP contribution is 2.65. The smallest absolute Gasteiger partial charge is 0.285 e. The molecule has 0 unspecified atom stereocenters. The maximum atomic E-state index is 11.9. The molecule has 248 valence electrons. The maximum absolute atomic E-state index is 11.9. The van der Waals surface area contributed by atoms with Crippen LogP contribution in [0.2, 0.25) is 0 Å². The lowest BCUT2D eigenvalue weighted by molar-refractivity contribution is -0.198. The predicted octanol–water partition coefficient (Wildman–Crippen LogP) is 7.27. The van der Waals surface area contributed by atoms with Crippen molar-refractivity contribution in [2.45, 2.75) is 63.3 Å². The summed E-state index contributed by atoms with van der Waals surface area (Å²) >= 11 is 0. The number of phenolic OH excluding ortho intramolecular Hbond substituents is 6. The van der Waals surface area contributed by atoms with E-state index in [9.17, 15) is 35.7 Å². The third kappa shape index (κ3) is 5.24. The molecule has 4 atom stereocenters. The largest absolute Gasteiger partial charge is 0.508 e. The number of hydrogen-bond donors (Lipinski definition) is 7. The first-order chi connectivity index (χ1) is 22.7. The van der Waals surface area contributed by atoms with Crippen LogP contribution in [-0.2, 0) is 12.2 Å². The van der Waals surface area contributed by atoms with E-state index in [1.165, 1.54) is 24.3 Å². The van der Waals surface area contributed by atoms with Crippen molar-refractivity contribution in [3.63, 3.8) is 0 Å². The topological polar surface area (TPSA) is 160 Å². The van der Waals surface area contributed by atoms with E-state index in [1.807, 2.05) is 13.0 Å². The molecule has 4 aromatic carbocycles. The first-order valence-corrected chi connectivity index (χ1v) is 16.0. The van der Waals surface area contributed by atoms with Gasteiger partial charge in [0.15, 0.2) is 0 Å². The summed E-state index contributed by atoms with van der Waals surface area (Å²) in [5, 5.41) is 75.3. The van der Waals surface area contributed by atoms with Crippen LogP contribution in [0.3, 0.4) is 0 Å². The van der Waals surface area contributed by atoms with E-state index in [2.05, 4.69) is 6.08 Å². The maximum Gasteiger partial charge on any atom is 0.285 e. The average Bonchev–Trinajstić information content (AvgIpc) is 2.99. The summed E-state index contributed by atoms with van der Waals surface area (Å²) in [4.78, 5) is 0. The number of aliphatic hydroxyl groups is 1. The Bertz CT molecular complexity index is 2000. The van der Waals surface area contributed by atoms with Gasteiger partial charge in [-0.15, -0.1) is 0 Å². The zero-order valence-corrected chi connectivity index (χ0v) is 26.8. The standard InChI is InChI=1S/C39H38O9/c1-20-14-27-25-9-8-24(41)19-33(25)47-39(29-10-11-30(42)26(37(29)45)12-13-38(2,3)46)36(27)28(15-20)35-32(44)16-21(17-34(35)48-39)4-5-22-6-7-23(40)18-31(22)43/h4-11,15-19,27-28,36,40-46H,12-14H2,1-3H3/b5-4+/t27-,28-,36-,39-/m1/s1. The number of rotatable bonds is 6. The number of benzene rings is 4. The number of hydrogen-bond acceptors (Lipinski definition) is 9. The molecule has 0 aromatic heterocycles. The molecule has 0 saturated heterocycles. The van der Waals surface area contributed by atoms with Gasteiger partial charge in [0.05, 0.1) is 17.1 Å². The zero-order valence-electron chi connectivity index (χ0n) is 26.8. The molecule has 7 N–H and O–H groups in total. The van der Waals surface area contributed by atoms with Crippen molar-refractivity contribution in [1.29, 1.82) is 0 Å². The summed E-state index contributed by atoms with van der Waals surface area (Å²) in [6.45, 7) is 5.35. The lowest BCUT2D eigenvalue weighted by Gasteiger charge is -2.55. The molecule has 0 spiro atoms. The van der Waals surface area contributed by atoms with Gasteiger partial charge in [0.2, 0.25) is 0 Å². The molecule has 9 nitrogen and oxygen atoms in total. The van der Waals surface area contributed by atoms with E-state index in [-0.39, 0.29) is 64.4 Å². The quantitative estimate of drug-likeness (QED) is 0.0841. The Kier molecular flexibility index (Phi) is 7.29. The van der Waals surface area contributed by atoms with Crippen molar-refractivity contribution in [1.82, 2.24) is 0 Å². The second-order valence-electron chi connectivity index (χ2n) is 13.8. The molecule has 0 saturated carbocycles. The highest BCUT2D eigenvalue weighted by Gasteiger charge is 2.62. The molecule has 0 radical (unpaired) electrons. The fraction of sp³-hybridized carbons (Fsp3) is 0.282. The Hall–Kier alpha value is -5.28. The normalized spacial score (nSPS) is 22.6. The van der Waals surface area contributed by atoms with E-state index in [4.69, 9.17) is 9.47 Å². The molecule has 2 heterocycles. The van der Waals surface area contributed by atoms with Crippen LogP contribution in [0, 0.1) is 5.92 Å². The van der Waals surface area contributed by atoms with Crippen molar-refractivity contribution in [2.75, 3.05) is 0 Å². The van der Waals surface area contributed by atoms with Crippen LogP contribution in [0.15, 0.2) is 72.3 Å². The van der Waals surface area contributed by atoms with Crippen LogP contribution < -0.4 is 9.47 Å². The Morgan fingerprint density at radius 1 is 0.812 bits per heavy atom. The molecule has 48 heavy (non-hydrogen) atoms. The second-order valence-corrected chi connectivity index (χ2v) is 13.8. The van der Waals surface area contributed by atoms with Crippen molar-refractivity contribution >= 4 is 12.2 Å². The molecule has 0 fully saturated rings. The van der Waals surface area contributed by atoms with Crippen LogP contribution >= 0.6 is 0 Å². The van der Waals surface area contributed by atoms with Crippen molar-refractivity contribution < 1.29 is 45.2 Å². The van der Waals surface area contributed by atoms with Gasteiger partial charge in [-0.05, 0) is 93.6 Å². The van der Waals surface area contributed by atoms with Crippen LogP contribution in [0.4, 0.5) is 0 Å². The van der Waals surface area contributed by atoms with E-state index < -0.39 is 23.2 Å². The lowest BCUT2D eigenvalue weighted by Crippen LogP contribution is -2.56. The second kappa shape index (κ2) is 11.2. The summed E-state index contributed by atoms with van der Waals surface area (Å²) < 4.78 is 13.7. The summed E-state index contributed by atoms with van der Waals surface area (Å²) in [5.41, 5.74) is 3.00. The first-order valence-electron chi connectivity index (χ1n) is 16.0. The summed E-state index contributed by atoms with van der Waals surface area (Å²) in [5.74, 6) is -2.58. The number of fused-ring (bicyclic) bond motifs is 4. The first kappa shape index (κ1) is 31.3. The van der Waals surface area contributed by atoms with Crippen molar-refractivity contribution in [3.8, 4) is 46.0 Å². The van der Waals surface area contributed by atoms with Crippen LogP contribution in [-0.4, -0.2) is 41.3 Å². The van der Waals surface area contributed by atoms with E-state index in [0.29, 0.717) is 34.6 Å². The highest BCUT2D eigenvalue weighted by molar-refractivity contribution is 5.75. The number of allylic oxidation sites excluding steroid dienone is 2. The van der Waals surface area contributed by atoms with E-state index >= 15 is 0 Å². The van der Waals surface area contributed by atoms with Gasteiger partial charge >= 0.3 is 0 Å². The molecule has 4 aromatic rings. The minimum absolute atomic E-state index is 0.00142. The number of phenols is 6. The van der Waals surface area contributed by atoms with Crippen LogP contribution in [0.25, 0.3) is 12.2 Å². The predicted molar refractivity (Wildman–Crippen MR) is 180 cm³/mol. The third-order valence-corrected chi connectivity index (χ3v) is 9.75. The molecule has 0 bridgehead atoms. The Morgan fingerprint density at radius 3 is 2.29 bits per heavy atom. The Labute approximate surface area is 277 Å². The van der Waals surface area contributed by atoms with E-state index in [0.717, 1.165) is 11.1 Å². The van der Waals surface area contributed by atoms with Gasteiger partial charge in [-0.25, -0.2) is 0 Å². The zero-order chi connectivity index (χ0) is 34.1. The minimum Gasteiger partial charge on any atom is -0.508 e. The molecular formula is C39H38O9. The van der Waals surface area contributed by atoms with Crippen molar-refractivity contribution in [3.05, 3.63) is 106 Å². The van der Waals surface area contributed by atoms with Gasteiger partial charge in [0, 0.05) is 40.7 Å². The lowest BCUT2D eigenvalue weighted by atomic mass is 9.61. The van der Waals surface area contributed by atoms with Gasteiger partial charge in [-0.1, -0.05) is 29.9 Å². The summed E-state index contributed by atoms with van der Waals surface area (Å²) in [6, 6.07) is 15.7. The summed E-state index contributed by atoms with van der Waals surface area (Å²) in [7, 11) is 0. The molecule has 0 amide bonds. The summed E-state index contributed by atoms with van der Waals surface area (Å²) in [6.07, 6.45) is 6.53. The fourth-order valence-electron chi connectivity index (χ4n) is 7.55. The van der Waals surface area contributed by atoms with Gasteiger partial charge in [0.25, 0.3) is 5.79 Å². The van der Waals surface area contributed by atoms with Gasteiger partial charge in [-0.2, -0.15) is 0 Å². The SMILES string of the molecule is CC1=C[C@@H]2c3c(O)cc(/C=C/c4ccc(O)cc4O)cc3O[C@@]3(c4ccc(O)c(CCC(C)(C)O)c4O)Oc4cc(O)ccc4[C@@H](C1)[C@H]23. The van der Waals surface area contributed by atoms with Crippen LogP contribution in [0.1, 0.15) is 78.8 Å². The minimum atomic E-state index is -1.66. The Balaban J connectivity index is 1.43. The molecular weight excluding hydrogens is 612 g/mol. The van der Waals surface area contributed by atoms with E-state index in [1.54, 1.807) is 56.3 Å². The van der Waals surface area contributed by atoms with Gasteiger partial charge < -0.3 is 45.2 Å². The molecule has 3 aliphatic rings. The average molecular weight is 651 g/mol. The molecule has 9 heteroatoms. The fourth-order valence-corrected chi connectivity index (χ4v) is 7.55. The molecule has 2 aliphatic heterocycles. The Morgan fingerprint density at radius 2 is 1.54 bits per heavy atom. The van der Waals surface area contributed by atoms with Gasteiger partial charge in [-0.3, -0.25) is 0 Å². The molecule has 1 aliphatic carbocycles. The monoisotopic (exact) mass is 650 g/mol. The number of aromatic hydroxyl groups is 6. The van der Waals surface area contributed by atoms with Crippen LogP contribution in [0.5, 0.6) is 46.0 Å². The van der Waals surface area contributed by atoms with Crippen molar-refractivity contribution in [2.24, 2.45) is 5.92 Å². The number of ether oxygens (including phenoxy) is 2. The highest BCUT2D eigenvalue weighted by atomic mass is 16.7. The molecule has 7 rings (SSSR count). The third-order valence-electron chi connectivity index (χ3n) is 9.75.